The van der Waals surface area contributed by atoms with Crippen molar-refractivity contribution in [2.24, 2.45) is 11.3 Å². The number of esters is 2. The van der Waals surface area contributed by atoms with E-state index in [9.17, 15) is 14.7 Å². The van der Waals surface area contributed by atoms with Crippen LogP contribution in [0.25, 0.3) is 0 Å². The second-order valence-corrected chi connectivity index (χ2v) is 7.57. The quantitative estimate of drug-likeness (QED) is 0.697. The first kappa shape index (κ1) is 20.9. The van der Waals surface area contributed by atoms with E-state index in [0.717, 1.165) is 6.42 Å². The fourth-order valence-electron chi connectivity index (χ4n) is 2.26. The molecule has 0 saturated carbocycles. The third-order valence-corrected chi connectivity index (χ3v) is 3.58. The molecule has 1 N–H and O–H groups in total. The van der Waals surface area contributed by atoms with Gasteiger partial charge in [-0.1, -0.05) is 41.5 Å². The summed E-state index contributed by atoms with van der Waals surface area (Å²) in [4.78, 5) is 23.1. The Labute approximate surface area is 134 Å². The summed E-state index contributed by atoms with van der Waals surface area (Å²) in [5.41, 5.74) is -0.566. The molecule has 22 heavy (non-hydrogen) atoms. The van der Waals surface area contributed by atoms with E-state index in [1.807, 2.05) is 20.8 Å². The molecule has 5 nitrogen and oxygen atoms in total. The Morgan fingerprint density at radius 1 is 1.09 bits per heavy atom. The largest absolute Gasteiger partial charge is 0.463 e. The van der Waals surface area contributed by atoms with Crippen LogP contribution in [0, 0.1) is 11.3 Å². The second-order valence-electron chi connectivity index (χ2n) is 7.57. The molecule has 0 spiro atoms. The number of aliphatic hydroxyl groups is 1. The predicted octanol–water partition coefficient (Wildman–Crippen LogP) is 3.08. The van der Waals surface area contributed by atoms with Crippen LogP contribution < -0.4 is 0 Å². The van der Waals surface area contributed by atoms with Crippen molar-refractivity contribution in [2.45, 2.75) is 79.4 Å². The molecule has 2 atom stereocenters. The second kappa shape index (κ2) is 8.51. The first-order valence-electron chi connectivity index (χ1n) is 7.95. The molecule has 0 aromatic carbocycles. The van der Waals surface area contributed by atoms with E-state index in [1.54, 1.807) is 6.92 Å². The number of rotatable bonds is 8. The standard InChI is InChI=1S/C17H32O5/c1-8-14(19)21-10-13(18)9-15(20)22-17(7,12(2)3)11-16(4,5)6/h12-13,18H,8-11H2,1-7H3. The van der Waals surface area contributed by atoms with Crippen molar-refractivity contribution in [3.8, 4) is 0 Å². The minimum Gasteiger partial charge on any atom is -0.463 e. The van der Waals surface area contributed by atoms with Crippen LogP contribution in [0.15, 0.2) is 0 Å². The summed E-state index contributed by atoms with van der Waals surface area (Å²) in [6.07, 6.45) is -0.240. The van der Waals surface area contributed by atoms with E-state index in [2.05, 4.69) is 20.8 Å². The van der Waals surface area contributed by atoms with Gasteiger partial charge in [0, 0.05) is 6.42 Å². The smallest absolute Gasteiger partial charge is 0.309 e. The van der Waals surface area contributed by atoms with Crippen molar-refractivity contribution < 1.29 is 24.2 Å². The summed E-state index contributed by atoms with van der Waals surface area (Å²) < 4.78 is 10.5. The first-order valence-corrected chi connectivity index (χ1v) is 7.95. The molecule has 5 heteroatoms. The highest BCUT2D eigenvalue weighted by atomic mass is 16.6. The SMILES string of the molecule is CCC(=O)OCC(O)CC(=O)OC(C)(CC(C)(C)C)C(C)C. The van der Waals surface area contributed by atoms with Crippen LogP contribution >= 0.6 is 0 Å². The predicted molar refractivity (Wildman–Crippen MR) is 85.3 cm³/mol. The van der Waals surface area contributed by atoms with E-state index in [4.69, 9.17) is 9.47 Å². The van der Waals surface area contributed by atoms with Crippen molar-refractivity contribution in [3.63, 3.8) is 0 Å². The van der Waals surface area contributed by atoms with Crippen molar-refractivity contribution in [2.75, 3.05) is 6.61 Å². The Bertz CT molecular complexity index is 370. The summed E-state index contributed by atoms with van der Waals surface area (Å²) in [5.74, 6) is -0.710. The van der Waals surface area contributed by atoms with Gasteiger partial charge in [-0.15, -0.1) is 0 Å². The molecule has 0 aliphatic carbocycles. The van der Waals surface area contributed by atoms with Crippen molar-refractivity contribution in [1.29, 1.82) is 0 Å². The molecule has 0 aliphatic heterocycles. The van der Waals surface area contributed by atoms with E-state index in [-0.39, 0.29) is 30.8 Å². The number of carbonyl (C=O) groups is 2. The molecular formula is C17H32O5. The van der Waals surface area contributed by atoms with Gasteiger partial charge in [0.2, 0.25) is 0 Å². The molecule has 0 radical (unpaired) electrons. The molecule has 2 unspecified atom stereocenters. The minimum atomic E-state index is -1.03. The third kappa shape index (κ3) is 8.37. The van der Waals surface area contributed by atoms with Gasteiger partial charge >= 0.3 is 11.9 Å². The Kier molecular flexibility index (Phi) is 8.09. The van der Waals surface area contributed by atoms with E-state index in [1.165, 1.54) is 0 Å². The van der Waals surface area contributed by atoms with Crippen LogP contribution in [0.5, 0.6) is 0 Å². The lowest BCUT2D eigenvalue weighted by molar-refractivity contribution is -0.170. The maximum absolute atomic E-state index is 12.1. The average molecular weight is 316 g/mol. The normalized spacial score (nSPS) is 16.0. The maximum atomic E-state index is 12.1. The third-order valence-electron chi connectivity index (χ3n) is 3.58. The van der Waals surface area contributed by atoms with Gasteiger partial charge in [0.25, 0.3) is 0 Å². The molecule has 0 aromatic rings. The van der Waals surface area contributed by atoms with Gasteiger partial charge in [0.05, 0.1) is 12.5 Å². The highest BCUT2D eigenvalue weighted by Crippen LogP contribution is 2.35. The molecular weight excluding hydrogens is 284 g/mol. The summed E-state index contributed by atoms with van der Waals surface area (Å²) in [6.45, 7) is 13.7. The van der Waals surface area contributed by atoms with E-state index in [0.29, 0.717) is 0 Å². The van der Waals surface area contributed by atoms with Crippen molar-refractivity contribution >= 4 is 11.9 Å². The summed E-state index contributed by atoms with van der Waals surface area (Å²) in [5, 5.41) is 9.75. The van der Waals surface area contributed by atoms with Crippen LogP contribution in [0.4, 0.5) is 0 Å². The van der Waals surface area contributed by atoms with Gasteiger partial charge in [-0.3, -0.25) is 9.59 Å². The van der Waals surface area contributed by atoms with E-state index >= 15 is 0 Å². The van der Waals surface area contributed by atoms with Crippen molar-refractivity contribution in [1.82, 2.24) is 0 Å². The Morgan fingerprint density at radius 3 is 2.05 bits per heavy atom. The zero-order chi connectivity index (χ0) is 17.6. The monoisotopic (exact) mass is 316 g/mol. The molecule has 0 aromatic heterocycles. The van der Waals surface area contributed by atoms with Gasteiger partial charge in [0.15, 0.2) is 0 Å². The topological polar surface area (TPSA) is 72.8 Å². The zero-order valence-electron chi connectivity index (χ0n) is 15.1. The number of carbonyl (C=O) groups excluding carboxylic acids is 2. The molecule has 0 aliphatic rings. The van der Waals surface area contributed by atoms with Gasteiger partial charge < -0.3 is 14.6 Å². The zero-order valence-corrected chi connectivity index (χ0v) is 15.1. The number of hydrogen-bond donors (Lipinski definition) is 1. The van der Waals surface area contributed by atoms with E-state index < -0.39 is 23.6 Å². The summed E-state index contributed by atoms with van der Waals surface area (Å²) in [7, 11) is 0. The minimum absolute atomic E-state index is 0.0224. The number of ether oxygens (including phenoxy) is 2. The fourth-order valence-corrected chi connectivity index (χ4v) is 2.26. The summed E-state index contributed by atoms with van der Waals surface area (Å²) >= 11 is 0. The Morgan fingerprint density at radius 2 is 1.64 bits per heavy atom. The highest BCUT2D eigenvalue weighted by Gasteiger charge is 2.37. The molecule has 0 saturated heterocycles. The average Bonchev–Trinajstić information content (AvgIpc) is 2.32. The van der Waals surface area contributed by atoms with Gasteiger partial charge in [0.1, 0.15) is 12.2 Å². The van der Waals surface area contributed by atoms with Crippen LogP contribution in [-0.4, -0.2) is 35.4 Å². The van der Waals surface area contributed by atoms with Gasteiger partial charge in [-0.25, -0.2) is 0 Å². The summed E-state index contributed by atoms with van der Waals surface area (Å²) in [6, 6.07) is 0. The number of hydrogen-bond acceptors (Lipinski definition) is 5. The van der Waals surface area contributed by atoms with Gasteiger partial charge in [-0.2, -0.15) is 0 Å². The molecule has 0 heterocycles. The first-order chi connectivity index (χ1) is 9.89. The lowest BCUT2D eigenvalue weighted by atomic mass is 9.77. The Hall–Kier alpha value is -1.10. The molecule has 0 amide bonds. The van der Waals surface area contributed by atoms with Gasteiger partial charge in [-0.05, 0) is 24.7 Å². The lowest BCUT2D eigenvalue weighted by Crippen LogP contribution is -2.41. The lowest BCUT2D eigenvalue weighted by Gasteiger charge is -2.38. The fraction of sp³-hybridized carbons (Fsp3) is 0.882. The molecule has 130 valence electrons. The molecule has 0 fully saturated rings. The van der Waals surface area contributed by atoms with Crippen LogP contribution in [0.2, 0.25) is 0 Å². The van der Waals surface area contributed by atoms with Crippen LogP contribution in [0.1, 0.15) is 67.7 Å². The maximum Gasteiger partial charge on any atom is 0.309 e. The molecule has 0 rings (SSSR count). The van der Waals surface area contributed by atoms with Crippen molar-refractivity contribution in [3.05, 3.63) is 0 Å². The highest BCUT2D eigenvalue weighted by molar-refractivity contribution is 5.71. The molecule has 0 bridgehead atoms. The van der Waals surface area contributed by atoms with Crippen LogP contribution in [-0.2, 0) is 19.1 Å². The van der Waals surface area contributed by atoms with Crippen LogP contribution in [0.3, 0.4) is 0 Å². The Balaban J connectivity index is 4.55. The number of aliphatic hydroxyl groups excluding tert-OH is 1.